The number of aryl methyl sites for hydroxylation is 1. The van der Waals surface area contributed by atoms with E-state index in [2.05, 4.69) is 84.3 Å². The van der Waals surface area contributed by atoms with Gasteiger partial charge in [0.1, 0.15) is 0 Å². The molecule has 0 aliphatic heterocycles. The second-order valence-electron chi connectivity index (χ2n) is 9.47. The van der Waals surface area contributed by atoms with Crippen LogP contribution in [0.3, 0.4) is 0 Å². The van der Waals surface area contributed by atoms with Crippen LogP contribution in [0.15, 0.2) is 90.0 Å². The standard InChI is InChI=1S/C32H38N2O/c1-7-9-11-24(4)18-27-13-15-31-29(20-27)30-21-28(19-25(5)33-22-26(6)35)14-16-32(30)34(31)17-10-12-23(3)8-2/h7-9,11,13-16,20-21H,2-3,10,12,17-19,22H2,1,4-6H3/b9-7-,24-11+,33-25?. The summed E-state index contributed by atoms with van der Waals surface area (Å²) in [6.45, 7) is 16.9. The first-order valence-corrected chi connectivity index (χ1v) is 12.4. The molecule has 182 valence electrons. The summed E-state index contributed by atoms with van der Waals surface area (Å²) in [5.41, 5.74) is 8.46. The highest BCUT2D eigenvalue weighted by Crippen LogP contribution is 2.32. The highest BCUT2D eigenvalue weighted by molar-refractivity contribution is 6.08. The van der Waals surface area contributed by atoms with Gasteiger partial charge in [-0.05, 0) is 82.3 Å². The van der Waals surface area contributed by atoms with Crippen LogP contribution in [-0.4, -0.2) is 22.6 Å². The second-order valence-corrected chi connectivity index (χ2v) is 9.47. The van der Waals surface area contributed by atoms with Gasteiger partial charge in [0.2, 0.25) is 0 Å². The molecule has 0 unspecified atom stereocenters. The van der Waals surface area contributed by atoms with Gasteiger partial charge < -0.3 is 4.57 Å². The van der Waals surface area contributed by atoms with Crippen molar-refractivity contribution >= 4 is 33.3 Å². The Balaban J connectivity index is 2.04. The number of aliphatic imine (C=N–C) groups is 1. The number of nitrogens with zero attached hydrogens (tertiary/aromatic N) is 2. The van der Waals surface area contributed by atoms with Gasteiger partial charge in [-0.1, -0.05) is 60.7 Å². The minimum absolute atomic E-state index is 0.0910. The molecule has 0 bridgehead atoms. The van der Waals surface area contributed by atoms with E-state index in [1.807, 2.05) is 19.9 Å². The first-order chi connectivity index (χ1) is 16.8. The summed E-state index contributed by atoms with van der Waals surface area (Å²) in [6.07, 6.45) is 11.8. The van der Waals surface area contributed by atoms with Crippen molar-refractivity contribution in [2.75, 3.05) is 6.54 Å². The lowest BCUT2D eigenvalue weighted by atomic mass is 10.0. The molecule has 0 aliphatic carbocycles. The molecule has 1 heterocycles. The van der Waals surface area contributed by atoms with Crippen LogP contribution in [0, 0.1) is 0 Å². The van der Waals surface area contributed by atoms with Crippen LogP contribution in [0.4, 0.5) is 0 Å². The number of carbonyl (C=O) groups excluding carboxylic acids is 1. The Morgan fingerprint density at radius 1 is 1.00 bits per heavy atom. The maximum Gasteiger partial charge on any atom is 0.151 e. The van der Waals surface area contributed by atoms with Gasteiger partial charge in [-0.25, -0.2) is 0 Å². The molecule has 0 saturated heterocycles. The highest BCUT2D eigenvalue weighted by Gasteiger charge is 2.13. The molecule has 3 aromatic rings. The van der Waals surface area contributed by atoms with Gasteiger partial charge in [0.15, 0.2) is 5.78 Å². The predicted octanol–water partition coefficient (Wildman–Crippen LogP) is 7.97. The van der Waals surface area contributed by atoms with E-state index in [0.29, 0.717) is 0 Å². The Morgan fingerprint density at radius 3 is 2.20 bits per heavy atom. The molecule has 0 atom stereocenters. The molecule has 0 N–H and O–H groups in total. The van der Waals surface area contributed by atoms with Gasteiger partial charge in [-0.2, -0.15) is 0 Å². The Kier molecular flexibility index (Phi) is 9.19. The molecule has 0 fully saturated rings. The maximum absolute atomic E-state index is 11.3. The van der Waals surface area contributed by atoms with Crippen molar-refractivity contribution in [3.05, 3.63) is 96.1 Å². The molecule has 3 rings (SSSR count). The molecule has 0 aliphatic rings. The van der Waals surface area contributed by atoms with E-state index < -0.39 is 0 Å². The highest BCUT2D eigenvalue weighted by atomic mass is 16.1. The van der Waals surface area contributed by atoms with Crippen LogP contribution in [0.1, 0.15) is 51.7 Å². The van der Waals surface area contributed by atoms with E-state index >= 15 is 0 Å². The Hall–Kier alpha value is -3.46. The largest absolute Gasteiger partial charge is 0.340 e. The van der Waals surface area contributed by atoms with Crippen molar-refractivity contribution in [1.82, 2.24) is 4.57 Å². The summed E-state index contributed by atoms with van der Waals surface area (Å²) in [6, 6.07) is 13.6. The molecular weight excluding hydrogens is 428 g/mol. The molecule has 35 heavy (non-hydrogen) atoms. The van der Waals surface area contributed by atoms with Crippen molar-refractivity contribution in [3.63, 3.8) is 0 Å². The third kappa shape index (κ3) is 7.02. The zero-order valence-electron chi connectivity index (χ0n) is 21.7. The first-order valence-electron chi connectivity index (χ1n) is 12.4. The van der Waals surface area contributed by atoms with Crippen molar-refractivity contribution in [1.29, 1.82) is 0 Å². The average Bonchev–Trinajstić information content (AvgIpc) is 3.13. The van der Waals surface area contributed by atoms with E-state index in [4.69, 9.17) is 0 Å². The Bertz CT molecular complexity index is 1330. The molecule has 3 heteroatoms. The van der Waals surface area contributed by atoms with E-state index in [-0.39, 0.29) is 12.3 Å². The first kappa shape index (κ1) is 26.2. The summed E-state index contributed by atoms with van der Waals surface area (Å²) in [5.74, 6) is 0.0910. The quantitative estimate of drug-likeness (QED) is 0.197. The SMILES string of the molecule is C=CC(=C)CCCn1c2ccc(CC(C)=NCC(C)=O)cc2c2cc(C/C(C)=C/C=C\C)ccc21. The van der Waals surface area contributed by atoms with Crippen LogP contribution < -0.4 is 0 Å². The molecule has 1 aromatic heterocycles. The number of rotatable bonds is 12. The number of fused-ring (bicyclic) bond motifs is 3. The molecule has 0 amide bonds. The van der Waals surface area contributed by atoms with Crippen LogP contribution in [0.25, 0.3) is 21.8 Å². The van der Waals surface area contributed by atoms with E-state index in [1.54, 1.807) is 6.92 Å². The van der Waals surface area contributed by atoms with E-state index in [0.717, 1.165) is 43.5 Å². The summed E-state index contributed by atoms with van der Waals surface area (Å²) < 4.78 is 2.44. The van der Waals surface area contributed by atoms with Crippen LogP contribution in [-0.2, 0) is 24.2 Å². The van der Waals surface area contributed by atoms with E-state index in [1.165, 1.54) is 38.5 Å². The van der Waals surface area contributed by atoms with Crippen LogP contribution in [0.5, 0.6) is 0 Å². The lowest BCUT2D eigenvalue weighted by Crippen LogP contribution is -2.03. The maximum atomic E-state index is 11.3. The van der Waals surface area contributed by atoms with Crippen LogP contribution in [0.2, 0.25) is 0 Å². The fourth-order valence-electron chi connectivity index (χ4n) is 4.46. The average molecular weight is 467 g/mol. The fourth-order valence-corrected chi connectivity index (χ4v) is 4.46. The summed E-state index contributed by atoms with van der Waals surface area (Å²) >= 11 is 0. The zero-order chi connectivity index (χ0) is 25.4. The molecule has 0 radical (unpaired) electrons. The second kappa shape index (κ2) is 12.3. The number of allylic oxidation sites excluding steroid dienone is 6. The molecule has 3 nitrogen and oxygen atoms in total. The summed E-state index contributed by atoms with van der Waals surface area (Å²) in [5, 5.41) is 2.57. The summed E-state index contributed by atoms with van der Waals surface area (Å²) in [4.78, 5) is 15.7. The number of carbonyl (C=O) groups is 1. The third-order valence-electron chi connectivity index (χ3n) is 6.25. The van der Waals surface area contributed by atoms with Crippen molar-refractivity contribution < 1.29 is 4.79 Å². The monoisotopic (exact) mass is 466 g/mol. The fraction of sp³-hybridized carbons (Fsp3) is 0.312. The van der Waals surface area contributed by atoms with Crippen LogP contribution >= 0.6 is 0 Å². The normalized spacial score (nSPS) is 12.7. The topological polar surface area (TPSA) is 34.4 Å². The molecule has 0 spiro atoms. The van der Waals surface area contributed by atoms with Gasteiger partial charge in [-0.15, -0.1) is 0 Å². The lowest BCUT2D eigenvalue weighted by molar-refractivity contribution is -0.115. The Labute approximate surface area is 210 Å². The number of Topliss-reactive ketones (excluding diaryl/α,β-unsaturated/α-hetero) is 1. The molecule has 2 aromatic carbocycles. The van der Waals surface area contributed by atoms with Gasteiger partial charge >= 0.3 is 0 Å². The number of benzene rings is 2. The van der Waals surface area contributed by atoms with Crippen molar-refractivity contribution in [3.8, 4) is 0 Å². The Morgan fingerprint density at radius 2 is 1.63 bits per heavy atom. The van der Waals surface area contributed by atoms with Gasteiger partial charge in [0.25, 0.3) is 0 Å². The molecule has 0 saturated carbocycles. The number of ketones is 1. The number of hydrogen-bond acceptors (Lipinski definition) is 2. The predicted molar refractivity (Wildman–Crippen MR) is 153 cm³/mol. The lowest BCUT2D eigenvalue weighted by Gasteiger charge is -2.09. The van der Waals surface area contributed by atoms with Gasteiger partial charge in [0, 0.05) is 40.5 Å². The minimum Gasteiger partial charge on any atom is -0.340 e. The molecular formula is C32H38N2O. The number of aromatic nitrogens is 1. The van der Waals surface area contributed by atoms with Gasteiger partial charge in [-0.3, -0.25) is 9.79 Å². The minimum atomic E-state index is 0.0910. The smallest absolute Gasteiger partial charge is 0.151 e. The zero-order valence-corrected chi connectivity index (χ0v) is 21.7. The van der Waals surface area contributed by atoms with Gasteiger partial charge in [0.05, 0.1) is 6.54 Å². The third-order valence-corrected chi connectivity index (χ3v) is 6.25. The van der Waals surface area contributed by atoms with Crippen molar-refractivity contribution in [2.45, 2.75) is 59.9 Å². The summed E-state index contributed by atoms with van der Waals surface area (Å²) in [7, 11) is 0. The van der Waals surface area contributed by atoms with Crippen molar-refractivity contribution in [2.24, 2.45) is 4.99 Å². The number of hydrogen-bond donors (Lipinski definition) is 0. The van der Waals surface area contributed by atoms with E-state index in [9.17, 15) is 4.79 Å².